The van der Waals surface area contributed by atoms with Gasteiger partial charge in [-0.15, -0.1) is 0 Å². The Kier molecular flexibility index (Phi) is 6.53. The number of rotatable bonds is 8. The zero-order chi connectivity index (χ0) is 19.9. The second kappa shape index (κ2) is 9.27. The molecule has 4 heteroatoms. The van der Waals surface area contributed by atoms with Crippen molar-refractivity contribution in [3.8, 4) is 5.75 Å². The minimum Gasteiger partial charge on any atom is -0.497 e. The van der Waals surface area contributed by atoms with E-state index in [1.54, 1.807) is 7.11 Å². The van der Waals surface area contributed by atoms with E-state index in [9.17, 15) is 4.79 Å². The van der Waals surface area contributed by atoms with Crippen molar-refractivity contribution in [3.05, 3.63) is 72.3 Å². The number of ether oxygens (including phenoxy) is 2. The number of nitrogens with zero attached hydrogens (tertiary/aromatic N) is 1. The van der Waals surface area contributed by atoms with Gasteiger partial charge in [0.2, 0.25) is 0 Å². The Bertz CT molecular complexity index is 924. The van der Waals surface area contributed by atoms with E-state index >= 15 is 0 Å². The first-order valence-corrected chi connectivity index (χ1v) is 9.59. The van der Waals surface area contributed by atoms with Crippen LogP contribution in [0.1, 0.15) is 24.8 Å². The summed E-state index contributed by atoms with van der Waals surface area (Å²) in [5.41, 5.74) is 2.12. The van der Waals surface area contributed by atoms with Gasteiger partial charge in [0.15, 0.2) is 0 Å². The van der Waals surface area contributed by atoms with Crippen LogP contribution in [0, 0.1) is 0 Å². The molecular weight excluding hydrogens is 350 g/mol. The first-order chi connectivity index (χ1) is 13.6. The topological polar surface area (TPSA) is 38.8 Å². The zero-order valence-corrected chi connectivity index (χ0v) is 16.7. The van der Waals surface area contributed by atoms with Gasteiger partial charge in [0, 0.05) is 19.3 Å². The number of carbonyl (C=O) groups excluding carboxylic acids is 1. The number of benzene rings is 3. The molecule has 0 aromatic heterocycles. The van der Waals surface area contributed by atoms with E-state index in [-0.39, 0.29) is 11.9 Å². The summed E-state index contributed by atoms with van der Waals surface area (Å²) in [6.45, 7) is 3.15. The highest BCUT2D eigenvalue weighted by Crippen LogP contribution is 2.25. The number of anilines is 1. The summed E-state index contributed by atoms with van der Waals surface area (Å²) in [5.74, 6) is 0.349. The van der Waals surface area contributed by atoms with Crippen LogP contribution < -0.4 is 9.64 Å². The molecule has 0 heterocycles. The molecule has 1 atom stereocenters. The van der Waals surface area contributed by atoms with Crippen molar-refractivity contribution in [1.82, 2.24) is 0 Å². The third-order valence-corrected chi connectivity index (χ3v) is 5.00. The fraction of sp³-hybridized carbons (Fsp3) is 0.292. The Morgan fingerprint density at radius 1 is 1.00 bits per heavy atom. The summed E-state index contributed by atoms with van der Waals surface area (Å²) in [6, 6.07) is 22.2. The van der Waals surface area contributed by atoms with Crippen molar-refractivity contribution in [2.75, 3.05) is 32.2 Å². The van der Waals surface area contributed by atoms with Gasteiger partial charge in [-0.25, -0.2) is 0 Å². The smallest absolute Gasteiger partial charge is 0.313 e. The quantitative estimate of drug-likeness (QED) is 0.408. The first kappa shape index (κ1) is 19.7. The Morgan fingerprint density at radius 2 is 1.71 bits per heavy atom. The lowest BCUT2D eigenvalue weighted by Crippen LogP contribution is -2.21. The first-order valence-electron chi connectivity index (χ1n) is 9.59. The molecule has 0 bridgehead atoms. The average Bonchev–Trinajstić information content (AvgIpc) is 2.75. The molecule has 0 N–H and O–H groups in total. The molecule has 0 aliphatic heterocycles. The van der Waals surface area contributed by atoms with Crippen LogP contribution in [0.4, 0.5) is 5.69 Å². The molecule has 28 heavy (non-hydrogen) atoms. The van der Waals surface area contributed by atoms with E-state index in [1.165, 1.54) is 0 Å². The highest BCUT2D eigenvalue weighted by molar-refractivity contribution is 5.86. The van der Waals surface area contributed by atoms with Gasteiger partial charge in [-0.1, -0.05) is 42.5 Å². The number of hydrogen-bond donors (Lipinski definition) is 0. The monoisotopic (exact) mass is 377 g/mol. The SMILES string of the molecule is COc1ccc2cc(C(C)C(=O)OCCCN(C)c3ccccc3)ccc2c1. The zero-order valence-electron chi connectivity index (χ0n) is 16.7. The lowest BCUT2D eigenvalue weighted by molar-refractivity contribution is -0.145. The number of para-hydroxylation sites is 1. The van der Waals surface area contributed by atoms with Crippen LogP contribution in [-0.4, -0.2) is 33.3 Å². The highest BCUT2D eigenvalue weighted by atomic mass is 16.5. The van der Waals surface area contributed by atoms with Gasteiger partial charge in [-0.2, -0.15) is 0 Å². The maximum atomic E-state index is 12.4. The molecule has 0 spiro atoms. The maximum absolute atomic E-state index is 12.4. The number of hydrogen-bond acceptors (Lipinski definition) is 4. The molecular formula is C24H27NO3. The Labute approximate surface area is 166 Å². The van der Waals surface area contributed by atoms with E-state index in [0.29, 0.717) is 6.61 Å². The largest absolute Gasteiger partial charge is 0.497 e. The second-order valence-corrected chi connectivity index (χ2v) is 6.97. The van der Waals surface area contributed by atoms with Crippen LogP contribution in [0.5, 0.6) is 5.75 Å². The van der Waals surface area contributed by atoms with Gasteiger partial charge in [0.25, 0.3) is 0 Å². The van der Waals surface area contributed by atoms with Gasteiger partial charge in [-0.3, -0.25) is 4.79 Å². The summed E-state index contributed by atoms with van der Waals surface area (Å²) in [7, 11) is 3.70. The predicted molar refractivity (Wildman–Crippen MR) is 114 cm³/mol. The van der Waals surface area contributed by atoms with Gasteiger partial charge < -0.3 is 14.4 Å². The molecule has 3 rings (SSSR count). The van der Waals surface area contributed by atoms with Crippen molar-refractivity contribution in [2.45, 2.75) is 19.3 Å². The second-order valence-electron chi connectivity index (χ2n) is 6.97. The molecule has 1 unspecified atom stereocenters. The molecule has 0 aliphatic rings. The molecule has 0 aliphatic carbocycles. The summed E-state index contributed by atoms with van der Waals surface area (Å²) in [5, 5.41) is 2.18. The summed E-state index contributed by atoms with van der Waals surface area (Å²) >= 11 is 0. The maximum Gasteiger partial charge on any atom is 0.313 e. The normalized spacial score (nSPS) is 11.8. The molecule has 0 amide bonds. The molecule has 4 nitrogen and oxygen atoms in total. The van der Waals surface area contributed by atoms with E-state index in [2.05, 4.69) is 17.0 Å². The van der Waals surface area contributed by atoms with E-state index in [0.717, 1.165) is 40.7 Å². The van der Waals surface area contributed by atoms with Crippen molar-refractivity contribution in [1.29, 1.82) is 0 Å². The van der Waals surface area contributed by atoms with Crippen molar-refractivity contribution < 1.29 is 14.3 Å². The van der Waals surface area contributed by atoms with Crippen LogP contribution >= 0.6 is 0 Å². The number of fused-ring (bicyclic) bond motifs is 1. The van der Waals surface area contributed by atoms with Gasteiger partial charge in [-0.05, 0) is 53.9 Å². The lowest BCUT2D eigenvalue weighted by atomic mass is 9.98. The summed E-state index contributed by atoms with van der Waals surface area (Å²) in [4.78, 5) is 14.6. The Morgan fingerprint density at radius 3 is 2.46 bits per heavy atom. The van der Waals surface area contributed by atoms with Crippen LogP contribution in [0.3, 0.4) is 0 Å². The molecule has 3 aromatic carbocycles. The van der Waals surface area contributed by atoms with Crippen molar-refractivity contribution >= 4 is 22.4 Å². The van der Waals surface area contributed by atoms with Crippen molar-refractivity contribution in [3.63, 3.8) is 0 Å². The summed E-state index contributed by atoms with van der Waals surface area (Å²) < 4.78 is 10.8. The molecule has 0 saturated heterocycles. The molecule has 0 fully saturated rings. The third kappa shape index (κ3) is 4.83. The summed E-state index contributed by atoms with van der Waals surface area (Å²) in [6.07, 6.45) is 0.793. The average molecular weight is 377 g/mol. The van der Waals surface area contributed by atoms with Crippen LogP contribution in [0.2, 0.25) is 0 Å². The standard InChI is InChI=1S/C24H27NO3/c1-18(19-10-11-21-17-23(27-3)13-12-20(21)16-19)24(26)28-15-7-14-25(2)22-8-5-4-6-9-22/h4-6,8-13,16-18H,7,14-15H2,1-3H3. The van der Waals surface area contributed by atoms with Gasteiger partial charge >= 0.3 is 5.97 Å². The van der Waals surface area contributed by atoms with Crippen LogP contribution in [-0.2, 0) is 9.53 Å². The Balaban J connectivity index is 1.52. The number of methoxy groups -OCH3 is 1. The van der Waals surface area contributed by atoms with Crippen LogP contribution in [0.15, 0.2) is 66.7 Å². The van der Waals surface area contributed by atoms with Crippen molar-refractivity contribution in [2.24, 2.45) is 0 Å². The van der Waals surface area contributed by atoms with Gasteiger partial charge in [0.05, 0.1) is 19.6 Å². The van der Waals surface area contributed by atoms with Gasteiger partial charge in [0.1, 0.15) is 5.75 Å². The van der Waals surface area contributed by atoms with Crippen LogP contribution in [0.25, 0.3) is 10.8 Å². The Hall–Kier alpha value is -3.01. The number of carbonyl (C=O) groups is 1. The third-order valence-electron chi connectivity index (χ3n) is 5.00. The van der Waals surface area contributed by atoms with E-state index in [1.807, 2.05) is 68.6 Å². The van der Waals surface area contributed by atoms with E-state index < -0.39 is 0 Å². The lowest BCUT2D eigenvalue weighted by Gasteiger charge is -2.19. The molecule has 3 aromatic rings. The molecule has 0 radical (unpaired) electrons. The minimum atomic E-state index is -0.293. The van der Waals surface area contributed by atoms with E-state index in [4.69, 9.17) is 9.47 Å². The predicted octanol–water partition coefficient (Wildman–Crippen LogP) is 5.02. The highest BCUT2D eigenvalue weighted by Gasteiger charge is 2.17. The minimum absolute atomic E-state index is 0.185. The molecule has 0 saturated carbocycles. The fourth-order valence-electron chi connectivity index (χ4n) is 3.19. The molecule has 146 valence electrons. The number of esters is 1. The fourth-order valence-corrected chi connectivity index (χ4v) is 3.19.